The smallest absolute Gasteiger partial charge is 0.131 e. The first-order valence-corrected chi connectivity index (χ1v) is 20.6. The van der Waals surface area contributed by atoms with E-state index in [9.17, 15) is 0 Å². The third-order valence-electron chi connectivity index (χ3n) is 14.9. The Morgan fingerprint density at radius 1 is 0.463 bits per heavy atom. The molecule has 0 N–H and O–H groups in total. The average molecular weight is 706 g/mol. The number of hydrogen-bond acceptors (Lipinski definition) is 2. The summed E-state index contributed by atoms with van der Waals surface area (Å²) >= 11 is 0. The number of anilines is 3. The Morgan fingerprint density at radius 3 is 1.81 bits per heavy atom. The van der Waals surface area contributed by atoms with E-state index in [-0.39, 0.29) is 16.2 Å². The Hall–Kier alpha value is -4.82. The Balaban J connectivity index is 1.02. The number of nitrogens with zero attached hydrogens (tertiary/aromatic N) is 1. The largest absolute Gasteiger partial charge is 0.457 e. The zero-order chi connectivity index (χ0) is 36.4. The quantitative estimate of drug-likeness (QED) is 0.181. The van der Waals surface area contributed by atoms with Crippen LogP contribution in [-0.2, 0) is 16.2 Å². The van der Waals surface area contributed by atoms with Gasteiger partial charge in [0, 0.05) is 33.6 Å². The van der Waals surface area contributed by atoms with Crippen molar-refractivity contribution >= 4 is 27.8 Å². The van der Waals surface area contributed by atoms with Gasteiger partial charge in [0.05, 0.1) is 0 Å². The Bertz CT molecular complexity index is 2420. The summed E-state index contributed by atoms with van der Waals surface area (Å²) < 4.78 is 6.74. The summed E-state index contributed by atoms with van der Waals surface area (Å²) in [7, 11) is 0. The topological polar surface area (TPSA) is 12.5 Å². The summed E-state index contributed by atoms with van der Waals surface area (Å²) in [6, 6.07) is 48.3. The van der Waals surface area contributed by atoms with Crippen molar-refractivity contribution in [2.75, 3.05) is 4.90 Å². The molecule has 54 heavy (non-hydrogen) atoms. The molecule has 0 aromatic heterocycles. The molecule has 0 saturated heterocycles. The van der Waals surface area contributed by atoms with Gasteiger partial charge < -0.3 is 9.64 Å². The maximum Gasteiger partial charge on any atom is 0.131 e. The first-order valence-electron chi connectivity index (χ1n) is 20.6. The minimum atomic E-state index is 0.0508. The maximum absolute atomic E-state index is 6.74. The van der Waals surface area contributed by atoms with E-state index >= 15 is 0 Å². The van der Waals surface area contributed by atoms with Crippen LogP contribution in [0.25, 0.3) is 21.9 Å². The minimum Gasteiger partial charge on any atom is -0.457 e. The summed E-state index contributed by atoms with van der Waals surface area (Å²) in [6.07, 6.45) is 9.32. The van der Waals surface area contributed by atoms with E-state index in [2.05, 4.69) is 160 Å². The second-order valence-corrected chi connectivity index (χ2v) is 18.9. The maximum atomic E-state index is 6.74. The van der Waals surface area contributed by atoms with Gasteiger partial charge in [-0.1, -0.05) is 100 Å². The van der Waals surface area contributed by atoms with Gasteiger partial charge in [0.2, 0.25) is 0 Å². The number of para-hydroxylation sites is 1. The number of ether oxygens (including phenoxy) is 1. The van der Waals surface area contributed by atoms with Crippen molar-refractivity contribution in [1.29, 1.82) is 0 Å². The average Bonchev–Trinajstić information content (AvgIpc) is 3.18. The number of rotatable bonds is 4. The molecule has 4 fully saturated rings. The second kappa shape index (κ2) is 11.6. The molecule has 5 aliphatic carbocycles. The summed E-state index contributed by atoms with van der Waals surface area (Å²) in [6.45, 7) is 9.68. The molecule has 12 rings (SSSR count). The highest BCUT2D eigenvalue weighted by molar-refractivity contribution is 5.89. The van der Waals surface area contributed by atoms with Crippen LogP contribution in [0.15, 0.2) is 127 Å². The molecule has 1 heterocycles. The molecule has 0 radical (unpaired) electrons. The zero-order valence-electron chi connectivity index (χ0n) is 32.2. The van der Waals surface area contributed by atoms with Crippen LogP contribution in [0.5, 0.6) is 11.5 Å². The molecule has 0 amide bonds. The van der Waals surface area contributed by atoms with E-state index in [0.717, 1.165) is 23.3 Å². The molecule has 270 valence electrons. The van der Waals surface area contributed by atoms with Gasteiger partial charge in [-0.25, -0.2) is 0 Å². The third kappa shape index (κ3) is 4.77. The molecule has 1 spiro atoms. The van der Waals surface area contributed by atoms with Gasteiger partial charge in [0.25, 0.3) is 0 Å². The molecule has 0 atom stereocenters. The molecular weight excluding hydrogens is 655 g/mol. The van der Waals surface area contributed by atoms with E-state index in [4.69, 9.17) is 4.74 Å². The van der Waals surface area contributed by atoms with Gasteiger partial charge in [0.15, 0.2) is 0 Å². The van der Waals surface area contributed by atoms with Gasteiger partial charge in [0.1, 0.15) is 11.5 Å². The van der Waals surface area contributed by atoms with E-state index < -0.39 is 0 Å². The van der Waals surface area contributed by atoms with Crippen LogP contribution in [0.4, 0.5) is 17.1 Å². The van der Waals surface area contributed by atoms with Crippen LogP contribution < -0.4 is 9.64 Å². The van der Waals surface area contributed by atoms with Crippen molar-refractivity contribution in [2.24, 2.45) is 23.7 Å². The van der Waals surface area contributed by atoms with Gasteiger partial charge >= 0.3 is 0 Å². The van der Waals surface area contributed by atoms with E-state index in [0.29, 0.717) is 11.8 Å². The predicted octanol–water partition coefficient (Wildman–Crippen LogP) is 14.2. The van der Waals surface area contributed by atoms with Gasteiger partial charge in [-0.3, -0.25) is 0 Å². The van der Waals surface area contributed by atoms with Gasteiger partial charge in [-0.2, -0.15) is 0 Å². The normalized spacial score (nSPS) is 26.5. The summed E-state index contributed by atoms with van der Waals surface area (Å²) in [5, 5.41) is 2.52. The lowest BCUT2D eigenvalue weighted by atomic mass is 9.41. The fraction of sp³-hybridized carbons (Fsp3) is 0.346. The van der Waals surface area contributed by atoms with Crippen LogP contribution in [0.3, 0.4) is 0 Å². The summed E-state index contributed by atoms with van der Waals surface area (Å²) in [5.41, 5.74) is 12.3. The van der Waals surface area contributed by atoms with Crippen molar-refractivity contribution in [2.45, 2.75) is 88.9 Å². The van der Waals surface area contributed by atoms with Crippen molar-refractivity contribution < 1.29 is 4.74 Å². The SMILES string of the molecule is CC1(C)CCC(C)(C)c2cc(N(c3ccc(-c4ccc5c(c4)C4(c6ccccc6O5)C5CC6CC(C5)CC4C6)cc3)c3ccc4ccccc4c3)ccc21. The number of fused-ring (bicyclic) bond motifs is 4. The summed E-state index contributed by atoms with van der Waals surface area (Å²) in [5.74, 6) is 5.35. The highest BCUT2D eigenvalue weighted by Gasteiger charge is 2.61. The standard InChI is InChI=1S/C52H51NO/c1-50(2)23-24-51(3,4)46-32-43(20-21-44(46)50)53(42-19-15-35-9-5-6-10-37(35)30-42)41-17-13-36(14-18-41)38-16-22-49-47(31-38)52(45-11-7-8-12-48(45)54-49)39-26-33-25-34(28-39)29-40(52)27-33/h5-22,30-34,39-40H,23-29H2,1-4H3. The molecule has 0 unspecified atom stereocenters. The lowest BCUT2D eigenvalue weighted by molar-refractivity contribution is -0.0452. The predicted molar refractivity (Wildman–Crippen MR) is 224 cm³/mol. The lowest BCUT2D eigenvalue weighted by Gasteiger charge is -2.63. The molecule has 4 saturated carbocycles. The molecule has 1 aliphatic heterocycles. The van der Waals surface area contributed by atoms with E-state index in [1.54, 1.807) is 0 Å². The monoisotopic (exact) mass is 705 g/mol. The van der Waals surface area contributed by atoms with Crippen molar-refractivity contribution in [3.63, 3.8) is 0 Å². The van der Waals surface area contributed by atoms with Crippen LogP contribution >= 0.6 is 0 Å². The molecular formula is C52H51NO. The third-order valence-corrected chi connectivity index (χ3v) is 14.9. The Morgan fingerprint density at radius 2 is 1.06 bits per heavy atom. The Labute approximate surface area is 321 Å². The fourth-order valence-corrected chi connectivity index (χ4v) is 12.4. The first kappa shape index (κ1) is 32.6. The molecule has 6 aromatic carbocycles. The molecule has 6 aliphatic rings. The van der Waals surface area contributed by atoms with Crippen LogP contribution in [-0.4, -0.2) is 0 Å². The van der Waals surface area contributed by atoms with Crippen LogP contribution in [0.2, 0.25) is 0 Å². The molecule has 4 bridgehead atoms. The van der Waals surface area contributed by atoms with Crippen molar-refractivity contribution in [3.05, 3.63) is 150 Å². The van der Waals surface area contributed by atoms with Crippen molar-refractivity contribution in [3.8, 4) is 22.6 Å². The molecule has 2 heteroatoms. The molecule has 2 nitrogen and oxygen atoms in total. The minimum absolute atomic E-state index is 0.0508. The number of benzene rings is 6. The number of hydrogen-bond donors (Lipinski definition) is 0. The zero-order valence-corrected chi connectivity index (χ0v) is 32.2. The first-order chi connectivity index (χ1) is 26.2. The van der Waals surface area contributed by atoms with Crippen LogP contribution in [0.1, 0.15) is 94.9 Å². The highest BCUT2D eigenvalue weighted by atomic mass is 16.5. The fourth-order valence-electron chi connectivity index (χ4n) is 12.4. The Kier molecular flexibility index (Phi) is 7.00. The van der Waals surface area contributed by atoms with E-state index in [1.807, 2.05) is 0 Å². The van der Waals surface area contributed by atoms with Gasteiger partial charge in [-0.05, 0) is 167 Å². The lowest BCUT2D eigenvalue weighted by Crippen LogP contribution is -2.56. The second-order valence-electron chi connectivity index (χ2n) is 18.9. The van der Waals surface area contributed by atoms with Crippen molar-refractivity contribution in [1.82, 2.24) is 0 Å². The van der Waals surface area contributed by atoms with Gasteiger partial charge in [-0.15, -0.1) is 0 Å². The highest BCUT2D eigenvalue weighted by Crippen LogP contribution is 2.69. The molecule has 6 aromatic rings. The summed E-state index contributed by atoms with van der Waals surface area (Å²) in [4.78, 5) is 2.47. The van der Waals surface area contributed by atoms with Crippen LogP contribution in [0, 0.1) is 23.7 Å². The van der Waals surface area contributed by atoms with E-state index in [1.165, 1.54) is 106 Å².